The fraction of sp³-hybridized carbons (Fsp3) is 0.556. The van der Waals surface area contributed by atoms with Crippen LogP contribution in [0.3, 0.4) is 0 Å². The number of hydrogen-bond donors (Lipinski definition) is 1. The van der Waals surface area contributed by atoms with Crippen LogP contribution in [0.2, 0.25) is 0 Å². The summed E-state index contributed by atoms with van der Waals surface area (Å²) < 4.78 is 6.78. The van der Waals surface area contributed by atoms with Crippen LogP contribution in [0.4, 0.5) is 0 Å². The standard InChI is InChI=1S/C9H14N6O/c1-2-5-10-6-7-16-9-4-3-8-11-13-14-15(8)12-9/h3-4,10H,2,5-7H2,1H3. The molecule has 0 bridgehead atoms. The summed E-state index contributed by atoms with van der Waals surface area (Å²) in [6.45, 7) is 4.52. The van der Waals surface area contributed by atoms with Crippen molar-refractivity contribution in [1.82, 2.24) is 30.6 Å². The van der Waals surface area contributed by atoms with Crippen LogP contribution in [0.25, 0.3) is 5.65 Å². The van der Waals surface area contributed by atoms with Crippen LogP contribution in [-0.2, 0) is 0 Å². The second-order valence-corrected chi connectivity index (χ2v) is 3.30. The molecule has 0 radical (unpaired) electrons. The number of nitrogens with one attached hydrogen (secondary N) is 1. The zero-order valence-electron chi connectivity index (χ0n) is 9.13. The van der Waals surface area contributed by atoms with E-state index in [1.165, 1.54) is 4.63 Å². The first kappa shape index (κ1) is 10.7. The van der Waals surface area contributed by atoms with Crippen molar-refractivity contribution in [2.45, 2.75) is 13.3 Å². The molecule has 1 N–H and O–H groups in total. The van der Waals surface area contributed by atoms with Gasteiger partial charge in [0, 0.05) is 12.6 Å². The van der Waals surface area contributed by atoms with Crippen LogP contribution >= 0.6 is 0 Å². The highest BCUT2D eigenvalue weighted by molar-refractivity contribution is 5.34. The molecule has 0 fully saturated rings. The number of ether oxygens (including phenoxy) is 1. The first-order chi connectivity index (χ1) is 7.90. The molecule has 0 aromatic carbocycles. The number of rotatable bonds is 6. The monoisotopic (exact) mass is 222 g/mol. The van der Waals surface area contributed by atoms with E-state index in [-0.39, 0.29) is 0 Å². The molecule has 16 heavy (non-hydrogen) atoms. The number of tetrazole rings is 1. The summed E-state index contributed by atoms with van der Waals surface area (Å²) in [5, 5.41) is 18.3. The lowest BCUT2D eigenvalue weighted by Crippen LogP contribution is -2.21. The fourth-order valence-corrected chi connectivity index (χ4v) is 1.24. The molecule has 0 aliphatic carbocycles. The zero-order chi connectivity index (χ0) is 11.2. The predicted molar refractivity (Wildman–Crippen MR) is 57.2 cm³/mol. The maximum absolute atomic E-state index is 5.44. The van der Waals surface area contributed by atoms with E-state index in [1.54, 1.807) is 12.1 Å². The third kappa shape index (κ3) is 2.63. The highest BCUT2D eigenvalue weighted by Gasteiger charge is 2.00. The highest BCUT2D eigenvalue weighted by atomic mass is 16.5. The molecule has 0 unspecified atom stereocenters. The van der Waals surface area contributed by atoms with Gasteiger partial charge in [-0.15, -0.1) is 14.8 Å². The minimum atomic E-state index is 0.526. The number of aromatic nitrogens is 5. The van der Waals surface area contributed by atoms with E-state index in [0.717, 1.165) is 19.5 Å². The molecule has 0 saturated carbocycles. The van der Waals surface area contributed by atoms with E-state index in [2.05, 4.69) is 32.9 Å². The maximum atomic E-state index is 5.44. The van der Waals surface area contributed by atoms with Gasteiger partial charge in [0.2, 0.25) is 5.88 Å². The number of fused-ring (bicyclic) bond motifs is 1. The molecule has 2 aromatic heterocycles. The summed E-state index contributed by atoms with van der Waals surface area (Å²) in [6.07, 6.45) is 1.12. The van der Waals surface area contributed by atoms with Crippen molar-refractivity contribution in [1.29, 1.82) is 0 Å². The van der Waals surface area contributed by atoms with Crippen molar-refractivity contribution in [2.24, 2.45) is 0 Å². The van der Waals surface area contributed by atoms with Crippen LogP contribution in [0.1, 0.15) is 13.3 Å². The Labute approximate surface area is 92.8 Å². The average molecular weight is 222 g/mol. The van der Waals surface area contributed by atoms with Crippen molar-refractivity contribution in [2.75, 3.05) is 19.7 Å². The number of nitrogens with zero attached hydrogens (tertiary/aromatic N) is 5. The van der Waals surface area contributed by atoms with Gasteiger partial charge in [-0.05, 0) is 29.5 Å². The molecular formula is C9H14N6O. The van der Waals surface area contributed by atoms with Crippen molar-refractivity contribution in [3.63, 3.8) is 0 Å². The summed E-state index contributed by atoms with van der Waals surface area (Å²) in [6, 6.07) is 3.52. The molecule has 0 atom stereocenters. The zero-order valence-corrected chi connectivity index (χ0v) is 9.13. The Morgan fingerprint density at radius 1 is 1.38 bits per heavy atom. The average Bonchev–Trinajstić information content (AvgIpc) is 2.76. The second-order valence-electron chi connectivity index (χ2n) is 3.30. The van der Waals surface area contributed by atoms with Crippen molar-refractivity contribution in [3.8, 4) is 5.88 Å². The van der Waals surface area contributed by atoms with E-state index in [9.17, 15) is 0 Å². The van der Waals surface area contributed by atoms with Crippen LogP contribution in [0.15, 0.2) is 12.1 Å². The molecule has 0 saturated heterocycles. The summed E-state index contributed by atoms with van der Waals surface area (Å²) in [5.41, 5.74) is 0.608. The topological polar surface area (TPSA) is 77.2 Å². The maximum Gasteiger partial charge on any atom is 0.233 e. The summed E-state index contributed by atoms with van der Waals surface area (Å²) >= 11 is 0. The molecule has 7 heteroatoms. The van der Waals surface area contributed by atoms with Gasteiger partial charge < -0.3 is 10.1 Å². The molecule has 0 aliphatic rings. The summed E-state index contributed by atoms with van der Waals surface area (Å²) in [5.74, 6) is 0.526. The Kier molecular flexibility index (Phi) is 3.60. The van der Waals surface area contributed by atoms with Crippen molar-refractivity contribution < 1.29 is 4.74 Å². The molecule has 7 nitrogen and oxygen atoms in total. The quantitative estimate of drug-likeness (QED) is 0.688. The molecule has 2 aromatic rings. The van der Waals surface area contributed by atoms with Gasteiger partial charge in [-0.2, -0.15) is 0 Å². The normalized spacial score (nSPS) is 10.8. The molecule has 2 rings (SSSR count). The third-order valence-electron chi connectivity index (χ3n) is 2.00. The smallest absolute Gasteiger partial charge is 0.233 e. The minimum absolute atomic E-state index is 0.526. The van der Waals surface area contributed by atoms with Gasteiger partial charge >= 0.3 is 0 Å². The van der Waals surface area contributed by atoms with Gasteiger partial charge in [0.15, 0.2) is 5.65 Å². The van der Waals surface area contributed by atoms with Gasteiger partial charge in [-0.3, -0.25) is 0 Å². The highest BCUT2D eigenvalue weighted by Crippen LogP contribution is 2.05. The van der Waals surface area contributed by atoms with Gasteiger partial charge in [0.1, 0.15) is 6.61 Å². The SMILES string of the molecule is CCCNCCOc1ccc2nnnn2n1. The summed E-state index contributed by atoms with van der Waals surface area (Å²) in [4.78, 5) is 0. The van der Waals surface area contributed by atoms with Crippen molar-refractivity contribution >= 4 is 5.65 Å². The van der Waals surface area contributed by atoms with E-state index < -0.39 is 0 Å². The molecule has 0 amide bonds. The molecule has 0 aliphatic heterocycles. The Hall–Kier alpha value is -1.76. The predicted octanol–water partition coefficient (Wildman–Crippen LogP) is -0.102. The van der Waals surface area contributed by atoms with Gasteiger partial charge in [0.25, 0.3) is 0 Å². The van der Waals surface area contributed by atoms with Crippen molar-refractivity contribution in [3.05, 3.63) is 12.1 Å². The fourth-order valence-electron chi connectivity index (χ4n) is 1.24. The molecular weight excluding hydrogens is 208 g/mol. The molecule has 2 heterocycles. The first-order valence-electron chi connectivity index (χ1n) is 5.29. The Bertz CT molecular complexity index is 442. The lowest BCUT2D eigenvalue weighted by molar-refractivity contribution is 0.296. The van der Waals surface area contributed by atoms with E-state index in [0.29, 0.717) is 18.1 Å². The lowest BCUT2D eigenvalue weighted by Gasteiger charge is -2.05. The van der Waals surface area contributed by atoms with Crippen LogP contribution in [-0.4, -0.2) is 45.0 Å². The lowest BCUT2D eigenvalue weighted by atomic mass is 10.5. The van der Waals surface area contributed by atoms with Crippen LogP contribution < -0.4 is 10.1 Å². The van der Waals surface area contributed by atoms with E-state index in [1.807, 2.05) is 0 Å². The van der Waals surface area contributed by atoms with Gasteiger partial charge in [-0.1, -0.05) is 6.92 Å². The minimum Gasteiger partial charge on any atom is -0.475 e. The van der Waals surface area contributed by atoms with Crippen LogP contribution in [0, 0.1) is 0 Å². The largest absolute Gasteiger partial charge is 0.475 e. The van der Waals surface area contributed by atoms with E-state index >= 15 is 0 Å². The number of hydrogen-bond acceptors (Lipinski definition) is 6. The molecule has 0 spiro atoms. The van der Waals surface area contributed by atoms with Gasteiger partial charge in [0.05, 0.1) is 0 Å². The second kappa shape index (κ2) is 5.36. The Balaban J connectivity index is 1.84. The Morgan fingerprint density at radius 3 is 3.19 bits per heavy atom. The van der Waals surface area contributed by atoms with E-state index in [4.69, 9.17) is 4.74 Å². The summed E-state index contributed by atoms with van der Waals surface area (Å²) in [7, 11) is 0. The Morgan fingerprint density at radius 2 is 2.31 bits per heavy atom. The van der Waals surface area contributed by atoms with Crippen LogP contribution in [0.5, 0.6) is 5.88 Å². The third-order valence-corrected chi connectivity index (χ3v) is 2.00. The van der Waals surface area contributed by atoms with Gasteiger partial charge in [-0.25, -0.2) is 0 Å². The first-order valence-corrected chi connectivity index (χ1v) is 5.29. The molecule has 86 valence electrons.